The number of nitrogens with one attached hydrogen (secondary N) is 3. The molecule has 5 rings (SSSR count). The number of para-hydroxylation sites is 1. The van der Waals surface area contributed by atoms with Gasteiger partial charge in [-0.15, -0.1) is 0 Å². The molecule has 3 aromatic heterocycles. The summed E-state index contributed by atoms with van der Waals surface area (Å²) in [6, 6.07) is 9.95. The molecule has 1 aromatic carbocycles. The van der Waals surface area contributed by atoms with Crippen molar-refractivity contribution in [2.24, 2.45) is 0 Å². The van der Waals surface area contributed by atoms with Gasteiger partial charge in [-0.05, 0) is 50.3 Å². The van der Waals surface area contributed by atoms with Gasteiger partial charge in [-0.25, -0.2) is 9.97 Å². The van der Waals surface area contributed by atoms with Crippen LogP contribution in [0.15, 0.2) is 42.7 Å². The van der Waals surface area contributed by atoms with Crippen molar-refractivity contribution in [3.05, 3.63) is 71.1 Å². The second-order valence-electron chi connectivity index (χ2n) is 9.34. The average Bonchev–Trinajstić information content (AvgIpc) is 3.56. The minimum atomic E-state index is -0.256. The van der Waals surface area contributed by atoms with Gasteiger partial charge in [0.2, 0.25) is 5.91 Å². The maximum absolute atomic E-state index is 13.2. The third-order valence-corrected chi connectivity index (χ3v) is 6.75. The molecule has 1 aliphatic carbocycles. The van der Waals surface area contributed by atoms with Crippen molar-refractivity contribution in [2.45, 2.75) is 64.5 Å². The lowest BCUT2D eigenvalue weighted by molar-refractivity contribution is -0.121. The second-order valence-corrected chi connectivity index (χ2v) is 9.34. The van der Waals surface area contributed by atoms with E-state index in [4.69, 9.17) is 4.98 Å². The van der Waals surface area contributed by atoms with E-state index in [9.17, 15) is 4.79 Å². The highest BCUT2D eigenvalue weighted by molar-refractivity contribution is 5.83. The number of fused-ring (bicyclic) bond motifs is 1. The van der Waals surface area contributed by atoms with E-state index in [-0.39, 0.29) is 11.9 Å². The van der Waals surface area contributed by atoms with Gasteiger partial charge in [0, 0.05) is 61.7 Å². The Morgan fingerprint density at radius 3 is 2.80 bits per heavy atom. The van der Waals surface area contributed by atoms with Gasteiger partial charge in [0.05, 0.1) is 17.4 Å². The van der Waals surface area contributed by atoms with Crippen LogP contribution in [0.25, 0.3) is 10.9 Å². The molecule has 0 radical (unpaired) electrons. The lowest BCUT2D eigenvalue weighted by Crippen LogP contribution is -2.31. The number of hydrogen-bond donors (Lipinski definition) is 3. The molecule has 1 fully saturated rings. The molecule has 0 spiro atoms. The van der Waals surface area contributed by atoms with E-state index in [0.29, 0.717) is 25.2 Å². The quantitative estimate of drug-likeness (QED) is 0.318. The number of aryl methyl sites for hydroxylation is 3. The normalized spacial score (nSPS) is 14.3. The van der Waals surface area contributed by atoms with Crippen LogP contribution in [0.3, 0.4) is 0 Å². The number of hydrogen-bond acceptors (Lipinski definition) is 5. The number of aromatic amines is 1. The van der Waals surface area contributed by atoms with Crippen LogP contribution in [-0.4, -0.2) is 37.7 Å². The van der Waals surface area contributed by atoms with Crippen molar-refractivity contribution in [1.82, 2.24) is 30.0 Å². The average molecular weight is 472 g/mol. The molecule has 4 aromatic rings. The van der Waals surface area contributed by atoms with Crippen LogP contribution in [0, 0.1) is 6.92 Å². The van der Waals surface area contributed by atoms with Gasteiger partial charge >= 0.3 is 0 Å². The largest absolute Gasteiger partial charge is 0.373 e. The second kappa shape index (κ2) is 9.90. The Hall–Kier alpha value is -3.68. The van der Waals surface area contributed by atoms with E-state index < -0.39 is 0 Å². The summed E-state index contributed by atoms with van der Waals surface area (Å²) in [7, 11) is 1.87. The maximum atomic E-state index is 13.2. The zero-order chi connectivity index (χ0) is 24.4. The number of carbonyl (C=O) groups is 1. The molecule has 35 heavy (non-hydrogen) atoms. The van der Waals surface area contributed by atoms with Crippen LogP contribution < -0.4 is 10.6 Å². The minimum absolute atomic E-state index is 0.0103. The number of rotatable bonds is 10. The standard InChI is InChI=1S/C27H33N7O/c1-4-34-16-19(17(2)33-34)11-12-26(35)30-23(13-20-15-29-22-8-6-5-7-21(20)22)24-14-25(28-3)32-27(31-24)18-9-10-18/h5-8,14-16,18,23,29H,4,9-13H2,1-3H3,(H,30,35)(H,28,31,32)/t23-/m1/s1. The Labute approximate surface area is 205 Å². The number of amides is 1. The predicted octanol–water partition coefficient (Wildman–Crippen LogP) is 4.43. The van der Waals surface area contributed by atoms with E-state index in [0.717, 1.165) is 59.1 Å². The molecular weight excluding hydrogens is 438 g/mol. The Balaban J connectivity index is 1.40. The van der Waals surface area contributed by atoms with E-state index in [1.807, 2.05) is 49.2 Å². The molecule has 0 saturated heterocycles. The summed E-state index contributed by atoms with van der Waals surface area (Å²) in [5.41, 5.74) is 5.20. The van der Waals surface area contributed by atoms with Crippen LogP contribution in [0.1, 0.15) is 66.5 Å². The highest BCUT2D eigenvalue weighted by atomic mass is 16.1. The van der Waals surface area contributed by atoms with Crippen molar-refractivity contribution in [3.63, 3.8) is 0 Å². The molecule has 3 N–H and O–H groups in total. The van der Waals surface area contributed by atoms with E-state index in [1.165, 1.54) is 5.39 Å². The van der Waals surface area contributed by atoms with Crippen LogP contribution >= 0.6 is 0 Å². The van der Waals surface area contributed by atoms with Gasteiger partial charge in [0.25, 0.3) is 0 Å². The van der Waals surface area contributed by atoms with Crippen molar-refractivity contribution in [1.29, 1.82) is 0 Å². The maximum Gasteiger partial charge on any atom is 0.220 e. The highest BCUT2D eigenvalue weighted by Gasteiger charge is 2.29. The van der Waals surface area contributed by atoms with E-state index >= 15 is 0 Å². The molecule has 8 nitrogen and oxygen atoms in total. The number of H-pyrrole nitrogens is 1. The molecular formula is C27H33N7O. The molecule has 1 atom stereocenters. The minimum Gasteiger partial charge on any atom is -0.373 e. The zero-order valence-electron chi connectivity index (χ0n) is 20.6. The highest BCUT2D eigenvalue weighted by Crippen LogP contribution is 2.39. The SMILES string of the molecule is CCn1cc(CCC(=O)N[C@H](Cc2c[nH]c3ccccc23)c2cc(NC)nc(C3CC3)n2)c(C)n1. The third-order valence-electron chi connectivity index (χ3n) is 6.75. The van der Waals surface area contributed by atoms with E-state index in [2.05, 4.69) is 44.8 Å². The topological polar surface area (TPSA) is 101 Å². The molecule has 0 aliphatic heterocycles. The summed E-state index contributed by atoms with van der Waals surface area (Å²) in [5.74, 6) is 2.09. The summed E-state index contributed by atoms with van der Waals surface area (Å²) in [5, 5.41) is 12.1. The monoisotopic (exact) mass is 471 g/mol. The van der Waals surface area contributed by atoms with Crippen LogP contribution in [0.4, 0.5) is 5.82 Å². The molecule has 1 saturated carbocycles. The Kier molecular flexibility index (Phi) is 6.53. The van der Waals surface area contributed by atoms with Crippen LogP contribution in [0.5, 0.6) is 0 Å². The summed E-state index contributed by atoms with van der Waals surface area (Å²) in [4.78, 5) is 26.1. The zero-order valence-corrected chi connectivity index (χ0v) is 20.6. The Morgan fingerprint density at radius 1 is 1.23 bits per heavy atom. The molecule has 182 valence electrons. The lowest BCUT2D eigenvalue weighted by Gasteiger charge is -2.20. The molecule has 0 bridgehead atoms. The van der Waals surface area contributed by atoms with Gasteiger partial charge in [0.15, 0.2) is 0 Å². The van der Waals surface area contributed by atoms with E-state index in [1.54, 1.807) is 0 Å². The molecule has 3 heterocycles. The predicted molar refractivity (Wildman–Crippen MR) is 137 cm³/mol. The number of anilines is 1. The van der Waals surface area contributed by atoms with Crippen molar-refractivity contribution in [3.8, 4) is 0 Å². The van der Waals surface area contributed by atoms with Gasteiger partial charge in [-0.3, -0.25) is 9.48 Å². The third kappa shape index (κ3) is 5.21. The first-order valence-corrected chi connectivity index (χ1v) is 12.5. The first kappa shape index (κ1) is 23.1. The van der Waals surface area contributed by atoms with Crippen molar-refractivity contribution < 1.29 is 4.79 Å². The Morgan fingerprint density at radius 2 is 2.06 bits per heavy atom. The summed E-state index contributed by atoms with van der Waals surface area (Å²) in [6.07, 6.45) is 8.03. The first-order chi connectivity index (χ1) is 17.0. The fourth-order valence-corrected chi connectivity index (χ4v) is 4.55. The van der Waals surface area contributed by atoms with Crippen molar-refractivity contribution in [2.75, 3.05) is 12.4 Å². The Bertz CT molecular complexity index is 1330. The molecule has 1 aliphatic rings. The molecule has 1 amide bonds. The number of benzene rings is 1. The van der Waals surface area contributed by atoms with Gasteiger partial charge in [-0.2, -0.15) is 5.10 Å². The molecule has 0 unspecified atom stereocenters. The van der Waals surface area contributed by atoms with Crippen LogP contribution in [-0.2, 0) is 24.2 Å². The number of nitrogens with zero attached hydrogens (tertiary/aromatic N) is 4. The smallest absolute Gasteiger partial charge is 0.220 e. The number of aromatic nitrogens is 5. The van der Waals surface area contributed by atoms with Gasteiger partial charge < -0.3 is 15.6 Å². The fraction of sp³-hybridized carbons (Fsp3) is 0.407. The van der Waals surface area contributed by atoms with Gasteiger partial charge in [0.1, 0.15) is 11.6 Å². The number of carbonyl (C=O) groups excluding carboxylic acids is 1. The van der Waals surface area contributed by atoms with Crippen LogP contribution in [0.2, 0.25) is 0 Å². The van der Waals surface area contributed by atoms with Gasteiger partial charge in [-0.1, -0.05) is 18.2 Å². The fourth-order valence-electron chi connectivity index (χ4n) is 4.55. The first-order valence-electron chi connectivity index (χ1n) is 12.5. The summed E-state index contributed by atoms with van der Waals surface area (Å²) >= 11 is 0. The van der Waals surface area contributed by atoms with Crippen molar-refractivity contribution >= 4 is 22.6 Å². The molecule has 8 heteroatoms. The summed E-state index contributed by atoms with van der Waals surface area (Å²) < 4.78 is 1.92. The summed E-state index contributed by atoms with van der Waals surface area (Å²) in [6.45, 7) is 4.89. The lowest BCUT2D eigenvalue weighted by atomic mass is 10.0.